The minimum atomic E-state index is -2.74. The summed E-state index contributed by atoms with van der Waals surface area (Å²) in [5.41, 5.74) is 9.48. The highest BCUT2D eigenvalue weighted by molar-refractivity contribution is 6.12. The number of nitrogens with two attached hydrogens (primary N) is 1. The average Bonchev–Trinajstić information content (AvgIpc) is 2.99. The standard InChI is InChI=1S/C31H45F2N7O2/c1-4-24(9-12-37-11-5-6-15-41)38-28-10-14-39(21(2)42)20-27(28)31(35)40-13-7-8-22-16-25(23(18-34)19-36-3)26(30(32)33)17-29(22)40/h15-19,24,30,35,37-38H,4-14,20,34H2,1-3H3. The van der Waals surface area contributed by atoms with Crippen molar-refractivity contribution in [2.45, 2.75) is 71.3 Å². The first-order valence-electron chi connectivity index (χ1n) is 14.8. The van der Waals surface area contributed by atoms with E-state index in [1.54, 1.807) is 18.0 Å². The van der Waals surface area contributed by atoms with Gasteiger partial charge >= 0.3 is 0 Å². The summed E-state index contributed by atoms with van der Waals surface area (Å²) in [4.78, 5) is 30.4. The zero-order valence-corrected chi connectivity index (χ0v) is 25.0. The number of carbonyl (C=O) groups is 2. The lowest BCUT2D eigenvalue weighted by molar-refractivity contribution is -0.128. The fourth-order valence-corrected chi connectivity index (χ4v) is 5.56. The number of carbonyl (C=O) groups excluding carboxylic acids is 2. The third-order valence-corrected chi connectivity index (χ3v) is 7.93. The summed E-state index contributed by atoms with van der Waals surface area (Å²) in [5, 5.41) is 16.4. The Morgan fingerprint density at radius 2 is 2.02 bits per heavy atom. The molecule has 1 unspecified atom stereocenters. The van der Waals surface area contributed by atoms with Gasteiger partial charge in [0, 0.05) is 86.5 Å². The number of aliphatic imine (C=N–C) groups is 1. The topological polar surface area (TPSA) is 127 Å². The molecule has 0 spiro atoms. The van der Waals surface area contributed by atoms with Crippen molar-refractivity contribution in [3.8, 4) is 0 Å². The van der Waals surface area contributed by atoms with E-state index in [-0.39, 0.29) is 29.9 Å². The van der Waals surface area contributed by atoms with Crippen molar-refractivity contribution in [1.29, 1.82) is 5.41 Å². The lowest BCUT2D eigenvalue weighted by Crippen LogP contribution is -2.46. The van der Waals surface area contributed by atoms with Crippen molar-refractivity contribution in [3.05, 3.63) is 46.3 Å². The first-order valence-corrected chi connectivity index (χ1v) is 14.8. The summed E-state index contributed by atoms with van der Waals surface area (Å²) in [6.45, 7) is 6.57. The molecule has 0 saturated carbocycles. The Hall–Kier alpha value is -3.60. The normalized spacial score (nSPS) is 16.7. The van der Waals surface area contributed by atoms with Crippen molar-refractivity contribution >= 4 is 35.5 Å². The highest BCUT2D eigenvalue weighted by atomic mass is 19.3. The SMILES string of the molecule is CCC(CCNCCCC=O)NC1=C(C(=N)N2CCCc3cc(C(C=NC)=CN)c(C(F)F)cc32)CN(C(C)=O)CC1. The number of amides is 1. The fourth-order valence-electron chi connectivity index (χ4n) is 5.56. The van der Waals surface area contributed by atoms with Crippen LogP contribution in [0.3, 0.4) is 0 Å². The van der Waals surface area contributed by atoms with E-state index in [9.17, 15) is 23.8 Å². The van der Waals surface area contributed by atoms with Crippen LogP contribution in [0.5, 0.6) is 0 Å². The van der Waals surface area contributed by atoms with Crippen LogP contribution < -0.4 is 21.3 Å². The molecule has 1 atom stereocenters. The van der Waals surface area contributed by atoms with E-state index >= 15 is 0 Å². The summed E-state index contributed by atoms with van der Waals surface area (Å²) in [6, 6.07) is 3.40. The van der Waals surface area contributed by atoms with Crippen LogP contribution in [0.1, 0.15) is 75.5 Å². The van der Waals surface area contributed by atoms with Crippen LogP contribution in [0.4, 0.5) is 14.5 Å². The molecule has 11 heteroatoms. The molecule has 2 aliphatic rings. The summed E-state index contributed by atoms with van der Waals surface area (Å²) in [7, 11) is 1.57. The molecule has 0 aliphatic carbocycles. The number of alkyl halides is 2. The van der Waals surface area contributed by atoms with Crippen LogP contribution in [-0.4, -0.2) is 75.0 Å². The number of aldehydes is 1. The van der Waals surface area contributed by atoms with Crippen LogP contribution in [0.25, 0.3) is 5.57 Å². The maximum Gasteiger partial charge on any atom is 0.264 e. The van der Waals surface area contributed by atoms with Gasteiger partial charge in [0.15, 0.2) is 0 Å². The van der Waals surface area contributed by atoms with Crippen LogP contribution in [0, 0.1) is 5.41 Å². The number of nitrogens with zero attached hydrogens (tertiary/aromatic N) is 3. The van der Waals surface area contributed by atoms with E-state index in [0.717, 1.165) is 56.3 Å². The predicted molar refractivity (Wildman–Crippen MR) is 165 cm³/mol. The molecule has 0 fully saturated rings. The summed E-state index contributed by atoms with van der Waals surface area (Å²) in [6.07, 6.45) is 6.09. The van der Waals surface area contributed by atoms with Gasteiger partial charge in [-0.3, -0.25) is 15.2 Å². The van der Waals surface area contributed by atoms with Crippen molar-refractivity contribution < 1.29 is 18.4 Å². The number of halogens is 2. The van der Waals surface area contributed by atoms with Gasteiger partial charge in [-0.15, -0.1) is 0 Å². The number of amidine groups is 1. The lowest BCUT2D eigenvalue weighted by atomic mass is 9.91. The Labute approximate surface area is 247 Å². The number of nitrogens with one attached hydrogen (secondary N) is 3. The molecule has 2 aliphatic heterocycles. The Bertz CT molecular complexity index is 1210. The molecule has 230 valence electrons. The van der Waals surface area contributed by atoms with Gasteiger partial charge in [0.25, 0.3) is 6.43 Å². The van der Waals surface area contributed by atoms with Crippen LogP contribution >= 0.6 is 0 Å². The number of benzene rings is 1. The number of anilines is 1. The highest BCUT2D eigenvalue weighted by Gasteiger charge is 2.31. The quantitative estimate of drug-likeness (QED) is 0.112. The van der Waals surface area contributed by atoms with Crippen LogP contribution in [-0.2, 0) is 16.0 Å². The van der Waals surface area contributed by atoms with Gasteiger partial charge in [0.2, 0.25) is 5.91 Å². The minimum Gasteiger partial charge on any atom is -0.404 e. The molecule has 0 saturated heterocycles. The van der Waals surface area contributed by atoms with Crippen molar-refractivity contribution in [2.75, 3.05) is 44.7 Å². The largest absolute Gasteiger partial charge is 0.404 e. The molecular weight excluding hydrogens is 540 g/mol. The molecule has 1 aromatic carbocycles. The van der Waals surface area contributed by atoms with E-state index in [4.69, 9.17) is 5.73 Å². The van der Waals surface area contributed by atoms with Gasteiger partial charge in [-0.25, -0.2) is 8.78 Å². The van der Waals surface area contributed by atoms with Gasteiger partial charge in [-0.05, 0) is 68.5 Å². The van der Waals surface area contributed by atoms with Crippen LogP contribution in [0.2, 0.25) is 0 Å². The zero-order valence-electron chi connectivity index (χ0n) is 25.0. The number of allylic oxidation sites excluding steroid dienone is 1. The van der Waals surface area contributed by atoms with E-state index in [0.29, 0.717) is 54.7 Å². The average molecular weight is 586 g/mol. The van der Waals surface area contributed by atoms with E-state index in [2.05, 4.69) is 22.5 Å². The molecule has 42 heavy (non-hydrogen) atoms. The van der Waals surface area contributed by atoms with Crippen molar-refractivity contribution in [1.82, 2.24) is 15.5 Å². The Kier molecular flexibility index (Phi) is 12.7. The van der Waals surface area contributed by atoms with Gasteiger partial charge in [0.05, 0.1) is 6.54 Å². The first-order chi connectivity index (χ1) is 20.2. The Balaban J connectivity index is 1.94. The zero-order chi connectivity index (χ0) is 30.6. The van der Waals surface area contributed by atoms with Gasteiger partial charge in [-0.2, -0.15) is 0 Å². The molecule has 5 N–H and O–H groups in total. The molecule has 9 nitrogen and oxygen atoms in total. The minimum absolute atomic E-state index is 0.0618. The van der Waals surface area contributed by atoms with Crippen molar-refractivity contribution in [3.63, 3.8) is 0 Å². The molecule has 0 aromatic heterocycles. The maximum atomic E-state index is 14.3. The molecular formula is C31H45F2N7O2. The fraction of sp³-hybridized carbons (Fsp3) is 0.548. The van der Waals surface area contributed by atoms with E-state index < -0.39 is 6.43 Å². The molecule has 2 heterocycles. The van der Waals surface area contributed by atoms with Crippen LogP contribution in [0.15, 0.2) is 34.6 Å². The second kappa shape index (κ2) is 16.1. The summed E-state index contributed by atoms with van der Waals surface area (Å²) < 4.78 is 28.6. The predicted octanol–water partition coefficient (Wildman–Crippen LogP) is 4.19. The second-order valence-electron chi connectivity index (χ2n) is 10.7. The number of aryl methyl sites for hydroxylation is 1. The monoisotopic (exact) mass is 585 g/mol. The molecule has 1 aromatic rings. The number of hydrogen-bond donors (Lipinski definition) is 4. The Morgan fingerprint density at radius 3 is 2.67 bits per heavy atom. The van der Waals surface area contributed by atoms with Gasteiger partial charge in [-0.1, -0.05) is 6.92 Å². The maximum absolute atomic E-state index is 14.3. The lowest BCUT2D eigenvalue weighted by Gasteiger charge is -2.38. The summed E-state index contributed by atoms with van der Waals surface area (Å²) >= 11 is 0. The number of fused-ring (bicyclic) bond motifs is 1. The molecule has 0 bridgehead atoms. The van der Waals surface area contributed by atoms with E-state index in [1.807, 2.05) is 4.90 Å². The smallest absolute Gasteiger partial charge is 0.264 e. The van der Waals surface area contributed by atoms with Gasteiger partial charge in [0.1, 0.15) is 12.1 Å². The number of hydrogen-bond acceptors (Lipinski definition) is 7. The van der Waals surface area contributed by atoms with Crippen molar-refractivity contribution in [2.24, 2.45) is 10.7 Å². The Morgan fingerprint density at radius 1 is 1.24 bits per heavy atom. The molecule has 1 amide bonds. The molecule has 0 radical (unpaired) electrons. The van der Waals surface area contributed by atoms with E-state index in [1.165, 1.54) is 25.4 Å². The number of rotatable bonds is 14. The third-order valence-electron chi connectivity index (χ3n) is 7.93. The summed E-state index contributed by atoms with van der Waals surface area (Å²) in [5.74, 6) is 0.164. The third kappa shape index (κ3) is 8.24. The second-order valence-corrected chi connectivity index (χ2v) is 10.7. The molecule has 3 rings (SSSR count). The number of unbranched alkanes of at least 4 members (excludes halogenated alkanes) is 1. The van der Waals surface area contributed by atoms with Gasteiger partial charge < -0.3 is 31.0 Å². The highest BCUT2D eigenvalue weighted by Crippen LogP contribution is 2.38. The first kappa shape index (κ1) is 32.9.